The average molecular weight is 501 g/mol. The van der Waals surface area contributed by atoms with Crippen molar-refractivity contribution in [2.75, 3.05) is 5.33 Å². The van der Waals surface area contributed by atoms with E-state index in [1.165, 1.54) is 25.7 Å². The van der Waals surface area contributed by atoms with Gasteiger partial charge in [0, 0.05) is 20.2 Å². The van der Waals surface area contributed by atoms with Gasteiger partial charge in [-0.05, 0) is 48.8 Å². The fourth-order valence-corrected chi connectivity index (χ4v) is 11.3. The Balaban J connectivity index is 1.82. The highest BCUT2D eigenvalue weighted by Gasteiger charge is 2.78. The molecule has 156 valence electrons. The van der Waals surface area contributed by atoms with E-state index < -0.39 is 0 Å². The Morgan fingerprint density at radius 1 is 0.964 bits per heavy atom. The van der Waals surface area contributed by atoms with E-state index in [2.05, 4.69) is 45.5 Å². The van der Waals surface area contributed by atoms with Crippen LogP contribution in [0.2, 0.25) is 10.6 Å². The van der Waals surface area contributed by atoms with Crippen LogP contribution in [0.25, 0.3) is 0 Å². The van der Waals surface area contributed by atoms with Gasteiger partial charge in [-0.25, -0.2) is 0 Å². The summed E-state index contributed by atoms with van der Waals surface area (Å²) in [5.41, 5.74) is -0.0962. The topological polar surface area (TPSA) is 17.1 Å². The SMILES string of the molecule is BC12CCC3(S)[C@]4(S)CCC(C(=O)CBr)C4(C)CC[C@]3(S)C1(B)CCC(C)C2. The first kappa shape index (κ1) is 22.5. The molecule has 0 aromatic heterocycles. The van der Waals surface area contributed by atoms with Gasteiger partial charge < -0.3 is 0 Å². The lowest BCUT2D eigenvalue weighted by atomic mass is 9.28. The third-order valence-corrected chi connectivity index (χ3v) is 14.7. The lowest BCUT2D eigenvalue weighted by molar-refractivity contribution is -0.124. The van der Waals surface area contributed by atoms with Crippen molar-refractivity contribution in [3.05, 3.63) is 0 Å². The Kier molecular flexibility index (Phi) is 5.36. The third-order valence-electron chi connectivity index (χ3n) is 10.6. The van der Waals surface area contributed by atoms with Gasteiger partial charge in [-0.15, -0.1) is 0 Å². The Morgan fingerprint density at radius 3 is 2.25 bits per heavy atom. The van der Waals surface area contributed by atoms with Crippen LogP contribution in [0.5, 0.6) is 0 Å². The Morgan fingerprint density at radius 2 is 1.61 bits per heavy atom. The summed E-state index contributed by atoms with van der Waals surface area (Å²) in [6.45, 7) is 4.76. The van der Waals surface area contributed by atoms with E-state index in [1.807, 2.05) is 0 Å². The van der Waals surface area contributed by atoms with Gasteiger partial charge in [0.2, 0.25) is 0 Å². The average Bonchev–Trinajstić information content (AvgIpc) is 2.92. The monoisotopic (exact) mass is 500 g/mol. The molecular formula is C21H35B2BrOS3. The van der Waals surface area contributed by atoms with Crippen LogP contribution in [0.4, 0.5) is 0 Å². The van der Waals surface area contributed by atoms with Gasteiger partial charge in [-0.2, -0.15) is 37.9 Å². The zero-order chi connectivity index (χ0) is 20.8. The number of halogens is 1. The van der Waals surface area contributed by atoms with Crippen LogP contribution in [-0.2, 0) is 4.79 Å². The summed E-state index contributed by atoms with van der Waals surface area (Å²) in [7, 11) is 5.05. The molecule has 0 amide bonds. The highest BCUT2D eigenvalue weighted by atomic mass is 79.9. The van der Waals surface area contributed by atoms with E-state index in [9.17, 15) is 4.79 Å². The summed E-state index contributed by atoms with van der Waals surface area (Å²) in [5.74, 6) is 1.24. The highest BCUT2D eigenvalue weighted by Crippen LogP contribution is 2.82. The number of carbonyl (C=O) groups is 1. The van der Waals surface area contributed by atoms with Crippen LogP contribution < -0.4 is 0 Å². The molecule has 8 atom stereocenters. The van der Waals surface area contributed by atoms with Crippen LogP contribution in [-0.4, -0.2) is 41.0 Å². The number of rotatable bonds is 2. The molecule has 0 radical (unpaired) electrons. The van der Waals surface area contributed by atoms with Gasteiger partial charge in [0.05, 0.1) is 5.33 Å². The van der Waals surface area contributed by atoms with Crippen molar-refractivity contribution in [1.82, 2.24) is 0 Å². The number of alkyl halides is 1. The standard InChI is InChI=1S/C21H35B2BrOS3/c1-13-3-5-18(23)17(22,11-13)8-10-21(28)19(26)6-4-14(15(25)12-24)16(19,2)7-9-20(18,21)27/h13-14,26-28H,3-12,22-23H2,1-2H3/t13?,14?,16?,17?,18?,19-,20-,21?/m0/s1. The van der Waals surface area contributed by atoms with Crippen molar-refractivity contribution in [2.45, 2.75) is 96.5 Å². The van der Waals surface area contributed by atoms with E-state index in [1.54, 1.807) is 0 Å². The molecule has 0 heterocycles. The predicted molar refractivity (Wildman–Crippen MR) is 139 cm³/mol. The summed E-state index contributed by atoms with van der Waals surface area (Å²) in [4.78, 5) is 12.8. The van der Waals surface area contributed by atoms with E-state index in [0.717, 1.165) is 38.0 Å². The summed E-state index contributed by atoms with van der Waals surface area (Å²) < 4.78 is -0.654. The first-order chi connectivity index (χ1) is 12.8. The first-order valence-corrected chi connectivity index (χ1v) is 13.6. The summed E-state index contributed by atoms with van der Waals surface area (Å²) in [6.07, 6.45) is 10.1. The van der Waals surface area contributed by atoms with Crippen molar-refractivity contribution in [3.8, 4) is 0 Å². The largest absolute Gasteiger partial charge is 0.298 e. The molecule has 0 spiro atoms. The molecular weight excluding hydrogens is 466 g/mol. The maximum atomic E-state index is 12.8. The van der Waals surface area contributed by atoms with Gasteiger partial charge >= 0.3 is 0 Å². The van der Waals surface area contributed by atoms with Crippen molar-refractivity contribution < 1.29 is 4.79 Å². The maximum Gasteiger partial charge on any atom is 0.147 e. The Hall–Kier alpha value is 1.33. The van der Waals surface area contributed by atoms with Crippen LogP contribution in [0.3, 0.4) is 0 Å². The number of hydrogen-bond donors (Lipinski definition) is 3. The molecule has 4 fully saturated rings. The highest BCUT2D eigenvalue weighted by molar-refractivity contribution is 9.09. The normalized spacial score (nSPS) is 58.5. The third kappa shape index (κ3) is 2.37. The minimum Gasteiger partial charge on any atom is -0.298 e. The zero-order valence-electron chi connectivity index (χ0n) is 17.9. The Bertz CT molecular complexity index is 711. The van der Waals surface area contributed by atoms with Crippen LogP contribution >= 0.6 is 53.8 Å². The lowest BCUT2D eigenvalue weighted by Crippen LogP contribution is -2.75. The quantitative estimate of drug-likeness (QED) is 0.292. The molecule has 0 N–H and O–H groups in total. The molecule has 7 heteroatoms. The van der Waals surface area contributed by atoms with Crippen molar-refractivity contribution in [3.63, 3.8) is 0 Å². The maximum absolute atomic E-state index is 12.8. The molecule has 0 saturated heterocycles. The van der Waals surface area contributed by atoms with E-state index >= 15 is 0 Å². The van der Waals surface area contributed by atoms with Gasteiger partial charge in [-0.1, -0.05) is 60.8 Å². The molecule has 4 aliphatic rings. The summed E-state index contributed by atoms with van der Waals surface area (Å²) in [5, 5.41) is 0.931. The second-order valence-corrected chi connectivity index (χ2v) is 14.3. The molecule has 0 aromatic carbocycles. The molecule has 0 bridgehead atoms. The number of hydrogen-bond acceptors (Lipinski definition) is 4. The number of thiol groups is 3. The van der Waals surface area contributed by atoms with Crippen molar-refractivity contribution in [2.24, 2.45) is 17.3 Å². The molecule has 4 rings (SSSR count). The number of carbonyl (C=O) groups excluding carboxylic acids is 1. The lowest BCUT2D eigenvalue weighted by Gasteiger charge is -2.76. The smallest absolute Gasteiger partial charge is 0.147 e. The molecule has 6 unspecified atom stereocenters. The number of fused-ring (bicyclic) bond motifs is 5. The van der Waals surface area contributed by atoms with Gasteiger partial charge in [-0.3, -0.25) is 4.79 Å². The number of Topliss-reactive ketones (excluding diaryl/α,β-unsaturated/α-hetero) is 1. The predicted octanol–water partition coefficient (Wildman–Crippen LogP) is 4.36. The first-order valence-electron chi connectivity index (χ1n) is 11.1. The van der Waals surface area contributed by atoms with Crippen LogP contribution in [0, 0.1) is 17.3 Å². The minimum absolute atomic E-state index is 0.0961. The van der Waals surface area contributed by atoms with Crippen LogP contribution in [0.1, 0.15) is 71.6 Å². The van der Waals surface area contributed by atoms with Gasteiger partial charge in [0.25, 0.3) is 0 Å². The van der Waals surface area contributed by atoms with E-state index in [-0.39, 0.29) is 30.9 Å². The molecule has 28 heavy (non-hydrogen) atoms. The molecule has 1 nitrogen and oxygen atoms in total. The summed E-state index contributed by atoms with van der Waals surface area (Å²) >= 11 is 20.1. The molecule has 4 saturated carbocycles. The fraction of sp³-hybridized carbons (Fsp3) is 0.952. The second-order valence-electron chi connectivity index (χ2n) is 11.4. The van der Waals surface area contributed by atoms with Crippen molar-refractivity contribution in [1.29, 1.82) is 0 Å². The minimum atomic E-state index is -0.255. The number of ketones is 1. The van der Waals surface area contributed by atoms with Crippen LogP contribution in [0.15, 0.2) is 0 Å². The molecule has 0 aliphatic heterocycles. The van der Waals surface area contributed by atoms with Crippen molar-refractivity contribution >= 4 is 75.3 Å². The van der Waals surface area contributed by atoms with E-state index in [4.69, 9.17) is 37.9 Å². The van der Waals surface area contributed by atoms with E-state index in [0.29, 0.717) is 16.4 Å². The molecule has 0 aromatic rings. The summed E-state index contributed by atoms with van der Waals surface area (Å²) in [6, 6.07) is 0. The fourth-order valence-electron chi connectivity index (χ4n) is 8.52. The Labute approximate surface area is 198 Å². The van der Waals surface area contributed by atoms with Gasteiger partial charge in [0.15, 0.2) is 0 Å². The van der Waals surface area contributed by atoms with Gasteiger partial charge in [0.1, 0.15) is 21.5 Å². The zero-order valence-corrected chi connectivity index (χ0v) is 22.1. The second kappa shape index (κ2) is 6.67. The molecule has 4 aliphatic carbocycles.